The third kappa shape index (κ3) is 4.53. The molecule has 3 heterocycles. The van der Waals surface area contributed by atoms with E-state index in [4.69, 9.17) is 9.15 Å². The van der Waals surface area contributed by atoms with Crippen LogP contribution in [-0.2, 0) is 4.79 Å². The summed E-state index contributed by atoms with van der Waals surface area (Å²) >= 11 is 0. The van der Waals surface area contributed by atoms with Gasteiger partial charge in [0.05, 0.1) is 13.7 Å². The lowest BCUT2D eigenvalue weighted by atomic mass is 10.0. The van der Waals surface area contributed by atoms with Crippen LogP contribution in [0.1, 0.15) is 29.8 Å². The lowest BCUT2D eigenvalue weighted by Gasteiger charge is -2.35. The van der Waals surface area contributed by atoms with Crippen molar-refractivity contribution in [1.82, 2.24) is 14.7 Å². The lowest BCUT2D eigenvalue weighted by molar-refractivity contribution is -0.133. The van der Waals surface area contributed by atoms with Gasteiger partial charge in [-0.3, -0.25) is 14.5 Å². The van der Waals surface area contributed by atoms with Gasteiger partial charge in [0.15, 0.2) is 0 Å². The van der Waals surface area contributed by atoms with Crippen molar-refractivity contribution >= 4 is 22.8 Å². The summed E-state index contributed by atoms with van der Waals surface area (Å²) < 4.78 is 11.5. The Labute approximate surface area is 199 Å². The number of fused-ring (bicyclic) bond motifs is 1. The highest BCUT2D eigenvalue weighted by molar-refractivity contribution is 6.08. The van der Waals surface area contributed by atoms with Crippen molar-refractivity contribution in [2.75, 3.05) is 52.9 Å². The van der Waals surface area contributed by atoms with Crippen LogP contribution in [0.15, 0.2) is 52.9 Å². The summed E-state index contributed by atoms with van der Waals surface area (Å²) in [7, 11) is 1.61. The SMILES string of the molecule is COc1ccc2c(-c3ccccc3)c(C(=O)N3CCN(CC(=O)N4CCCCC4)CC3)oc2c1. The van der Waals surface area contributed by atoms with Gasteiger partial charge in [0.1, 0.15) is 11.3 Å². The van der Waals surface area contributed by atoms with Crippen LogP contribution < -0.4 is 4.74 Å². The van der Waals surface area contributed by atoms with Crippen LogP contribution in [0.2, 0.25) is 0 Å². The third-order valence-electron chi connectivity index (χ3n) is 6.88. The molecule has 7 heteroatoms. The Morgan fingerprint density at radius 3 is 2.32 bits per heavy atom. The summed E-state index contributed by atoms with van der Waals surface area (Å²) in [6.45, 7) is 4.68. The number of carbonyl (C=O) groups excluding carboxylic acids is 2. The van der Waals surface area contributed by atoms with Crippen molar-refractivity contribution in [1.29, 1.82) is 0 Å². The van der Waals surface area contributed by atoms with Crippen LogP contribution in [0.5, 0.6) is 5.75 Å². The number of nitrogens with zero attached hydrogens (tertiary/aromatic N) is 3. The molecule has 0 aliphatic carbocycles. The molecule has 2 fully saturated rings. The molecule has 2 saturated heterocycles. The molecule has 0 atom stereocenters. The molecule has 178 valence electrons. The second-order valence-corrected chi connectivity index (χ2v) is 9.04. The number of ether oxygens (including phenoxy) is 1. The van der Waals surface area contributed by atoms with Gasteiger partial charge in [0.25, 0.3) is 5.91 Å². The van der Waals surface area contributed by atoms with E-state index in [1.54, 1.807) is 7.11 Å². The second kappa shape index (κ2) is 9.89. The van der Waals surface area contributed by atoms with Crippen LogP contribution in [0.3, 0.4) is 0 Å². The predicted octanol–water partition coefficient (Wildman–Crippen LogP) is 3.88. The molecule has 0 N–H and O–H groups in total. The predicted molar refractivity (Wildman–Crippen MR) is 131 cm³/mol. The maximum absolute atomic E-state index is 13.6. The molecular weight excluding hydrogens is 430 g/mol. The lowest BCUT2D eigenvalue weighted by Crippen LogP contribution is -2.52. The van der Waals surface area contributed by atoms with Gasteiger partial charge in [-0.15, -0.1) is 0 Å². The molecule has 0 saturated carbocycles. The number of amides is 2. The summed E-state index contributed by atoms with van der Waals surface area (Å²) in [6, 6.07) is 15.5. The highest BCUT2D eigenvalue weighted by atomic mass is 16.5. The van der Waals surface area contributed by atoms with E-state index >= 15 is 0 Å². The molecule has 2 aromatic carbocycles. The van der Waals surface area contributed by atoms with Gasteiger partial charge in [0.2, 0.25) is 11.7 Å². The fourth-order valence-corrected chi connectivity index (χ4v) is 4.93. The van der Waals surface area contributed by atoms with Crippen LogP contribution in [0, 0.1) is 0 Å². The van der Waals surface area contributed by atoms with Crippen molar-refractivity contribution in [3.8, 4) is 16.9 Å². The first-order chi connectivity index (χ1) is 16.6. The van der Waals surface area contributed by atoms with Gasteiger partial charge in [-0.1, -0.05) is 30.3 Å². The van der Waals surface area contributed by atoms with Crippen LogP contribution in [0.4, 0.5) is 0 Å². The Bertz CT molecular complexity index is 1160. The number of benzene rings is 2. The van der Waals surface area contributed by atoms with Gasteiger partial charge in [0, 0.05) is 56.3 Å². The molecule has 0 radical (unpaired) electrons. The van der Waals surface area contributed by atoms with Gasteiger partial charge in [-0.25, -0.2) is 0 Å². The smallest absolute Gasteiger partial charge is 0.290 e. The summed E-state index contributed by atoms with van der Waals surface area (Å²) in [5, 5.41) is 0.890. The van der Waals surface area contributed by atoms with E-state index < -0.39 is 0 Å². The molecule has 2 aliphatic heterocycles. The first kappa shape index (κ1) is 22.5. The number of rotatable bonds is 5. The van der Waals surface area contributed by atoms with E-state index in [0.717, 1.165) is 42.4 Å². The number of piperidine rings is 1. The van der Waals surface area contributed by atoms with Gasteiger partial charge >= 0.3 is 0 Å². The number of methoxy groups -OCH3 is 1. The zero-order valence-corrected chi connectivity index (χ0v) is 19.7. The topological polar surface area (TPSA) is 66.2 Å². The van der Waals surface area contributed by atoms with E-state index in [-0.39, 0.29) is 11.8 Å². The first-order valence-corrected chi connectivity index (χ1v) is 12.1. The monoisotopic (exact) mass is 461 g/mol. The maximum Gasteiger partial charge on any atom is 0.290 e. The van der Waals surface area contributed by atoms with E-state index in [2.05, 4.69) is 4.90 Å². The molecule has 1 aromatic heterocycles. The van der Waals surface area contributed by atoms with E-state index in [9.17, 15) is 9.59 Å². The number of carbonyl (C=O) groups is 2. The summed E-state index contributed by atoms with van der Waals surface area (Å²) in [5.74, 6) is 1.13. The Morgan fingerprint density at radius 1 is 0.882 bits per heavy atom. The van der Waals surface area contributed by atoms with E-state index in [1.165, 1.54) is 6.42 Å². The Morgan fingerprint density at radius 2 is 1.62 bits per heavy atom. The standard InChI is InChI=1S/C27H31N3O4/c1-33-21-10-11-22-23(18-21)34-26(25(22)20-8-4-2-5-9-20)27(32)30-16-14-28(15-17-30)19-24(31)29-12-6-3-7-13-29/h2,4-5,8-11,18H,3,6-7,12-17,19H2,1H3. The fourth-order valence-electron chi connectivity index (χ4n) is 4.93. The molecule has 0 unspecified atom stereocenters. The number of likely N-dealkylation sites (tertiary alicyclic amines) is 1. The molecule has 7 nitrogen and oxygen atoms in total. The Balaban J connectivity index is 1.33. The van der Waals surface area contributed by atoms with Gasteiger partial charge < -0.3 is 19.0 Å². The van der Waals surface area contributed by atoms with Crippen LogP contribution in [-0.4, -0.2) is 79.4 Å². The van der Waals surface area contributed by atoms with Crippen molar-refractivity contribution in [3.05, 3.63) is 54.3 Å². The van der Waals surface area contributed by atoms with E-state index in [0.29, 0.717) is 49.8 Å². The molecular formula is C27H31N3O4. The van der Waals surface area contributed by atoms with Crippen LogP contribution >= 0.6 is 0 Å². The van der Waals surface area contributed by atoms with Gasteiger partial charge in [-0.05, 0) is 37.0 Å². The molecule has 2 aliphatic rings. The molecule has 5 rings (SSSR count). The minimum absolute atomic E-state index is 0.115. The number of piperazine rings is 1. The summed E-state index contributed by atoms with van der Waals surface area (Å²) in [5.41, 5.74) is 2.39. The zero-order valence-electron chi connectivity index (χ0n) is 19.7. The Hall–Kier alpha value is -3.32. The molecule has 34 heavy (non-hydrogen) atoms. The molecule has 0 bridgehead atoms. The zero-order chi connectivity index (χ0) is 23.5. The van der Waals surface area contributed by atoms with Crippen molar-refractivity contribution in [2.45, 2.75) is 19.3 Å². The minimum atomic E-state index is -0.115. The average Bonchev–Trinajstić information content (AvgIpc) is 3.28. The normalized spacial score (nSPS) is 17.2. The quantitative estimate of drug-likeness (QED) is 0.577. The molecule has 0 spiro atoms. The van der Waals surface area contributed by atoms with Crippen molar-refractivity contribution < 1.29 is 18.7 Å². The van der Waals surface area contributed by atoms with Crippen molar-refractivity contribution in [3.63, 3.8) is 0 Å². The number of hydrogen-bond acceptors (Lipinski definition) is 5. The molecule has 3 aromatic rings. The van der Waals surface area contributed by atoms with Crippen molar-refractivity contribution in [2.24, 2.45) is 0 Å². The van der Waals surface area contributed by atoms with Gasteiger partial charge in [-0.2, -0.15) is 0 Å². The Kier molecular flexibility index (Phi) is 6.54. The summed E-state index contributed by atoms with van der Waals surface area (Å²) in [4.78, 5) is 32.2. The minimum Gasteiger partial charge on any atom is -0.497 e. The van der Waals surface area contributed by atoms with Crippen LogP contribution in [0.25, 0.3) is 22.1 Å². The molecule has 2 amide bonds. The number of furan rings is 1. The van der Waals surface area contributed by atoms with E-state index in [1.807, 2.05) is 58.3 Å². The third-order valence-corrected chi connectivity index (χ3v) is 6.88. The maximum atomic E-state index is 13.6. The first-order valence-electron chi connectivity index (χ1n) is 12.1. The highest BCUT2D eigenvalue weighted by Gasteiger charge is 2.30. The summed E-state index contributed by atoms with van der Waals surface area (Å²) in [6.07, 6.45) is 3.41. The average molecular weight is 462 g/mol. The fraction of sp³-hybridized carbons (Fsp3) is 0.407. The largest absolute Gasteiger partial charge is 0.497 e. The highest BCUT2D eigenvalue weighted by Crippen LogP contribution is 2.37. The number of hydrogen-bond donors (Lipinski definition) is 0. The second-order valence-electron chi connectivity index (χ2n) is 9.04.